The average Bonchev–Trinajstić information content (AvgIpc) is 2.83. The first-order chi connectivity index (χ1) is 8.93. The smallest absolute Gasteiger partial charge is 0.323 e. The van der Waals surface area contributed by atoms with E-state index >= 15 is 0 Å². The molecule has 1 aliphatic heterocycles. The van der Waals surface area contributed by atoms with Gasteiger partial charge in [0.1, 0.15) is 0 Å². The SMILES string of the molecule is CC1=CN([C@H]2C[C@H](O)[C@]3(CO)[C@@H]2[C@@H]3C)C(=O)NC1O. The van der Waals surface area contributed by atoms with Crippen molar-refractivity contribution in [1.29, 1.82) is 0 Å². The van der Waals surface area contributed by atoms with E-state index in [0.717, 1.165) is 0 Å². The van der Waals surface area contributed by atoms with E-state index in [9.17, 15) is 20.1 Å². The first-order valence-corrected chi connectivity index (χ1v) is 6.67. The van der Waals surface area contributed by atoms with Gasteiger partial charge in [0.05, 0.1) is 12.7 Å². The number of carbonyl (C=O) groups excluding carboxylic acids is 1. The lowest BCUT2D eigenvalue weighted by molar-refractivity contribution is 0.0483. The van der Waals surface area contributed by atoms with Gasteiger partial charge in [0, 0.05) is 17.7 Å². The minimum atomic E-state index is -0.936. The minimum absolute atomic E-state index is 0.0444. The fourth-order valence-electron chi connectivity index (χ4n) is 4.05. The lowest BCUT2D eigenvalue weighted by atomic mass is 9.98. The molecule has 6 heteroatoms. The molecule has 6 atom stereocenters. The van der Waals surface area contributed by atoms with Crippen molar-refractivity contribution in [3.63, 3.8) is 0 Å². The summed E-state index contributed by atoms with van der Waals surface area (Å²) in [4.78, 5) is 13.5. The molecule has 3 aliphatic rings. The maximum absolute atomic E-state index is 12.0. The van der Waals surface area contributed by atoms with Crippen LogP contribution in [0.15, 0.2) is 11.8 Å². The lowest BCUT2D eigenvalue weighted by Gasteiger charge is -2.33. The third-order valence-corrected chi connectivity index (χ3v) is 5.30. The van der Waals surface area contributed by atoms with Crippen molar-refractivity contribution in [3.05, 3.63) is 11.8 Å². The van der Waals surface area contributed by atoms with Gasteiger partial charge < -0.3 is 20.6 Å². The van der Waals surface area contributed by atoms with Gasteiger partial charge in [0.2, 0.25) is 0 Å². The van der Waals surface area contributed by atoms with Gasteiger partial charge in [-0.2, -0.15) is 0 Å². The third-order valence-electron chi connectivity index (χ3n) is 5.30. The average molecular weight is 268 g/mol. The van der Waals surface area contributed by atoms with Crippen molar-refractivity contribution in [1.82, 2.24) is 10.2 Å². The summed E-state index contributed by atoms with van der Waals surface area (Å²) in [6, 6.07) is -0.456. The number of fused-ring (bicyclic) bond motifs is 1. The molecule has 2 fully saturated rings. The van der Waals surface area contributed by atoms with Crippen LogP contribution in [0.5, 0.6) is 0 Å². The number of nitrogens with one attached hydrogen (secondary N) is 1. The van der Waals surface area contributed by atoms with Crippen LogP contribution in [-0.2, 0) is 0 Å². The molecular weight excluding hydrogens is 248 g/mol. The van der Waals surface area contributed by atoms with E-state index < -0.39 is 17.7 Å². The zero-order chi connectivity index (χ0) is 13.9. The first-order valence-electron chi connectivity index (χ1n) is 6.67. The van der Waals surface area contributed by atoms with Crippen molar-refractivity contribution in [3.8, 4) is 0 Å². The van der Waals surface area contributed by atoms with E-state index in [4.69, 9.17) is 0 Å². The Labute approximate surface area is 111 Å². The van der Waals surface area contributed by atoms with Crippen LogP contribution in [-0.4, -0.2) is 51.2 Å². The van der Waals surface area contributed by atoms with Crippen molar-refractivity contribution < 1.29 is 20.1 Å². The van der Waals surface area contributed by atoms with Crippen LogP contribution in [0.1, 0.15) is 20.3 Å². The summed E-state index contributed by atoms with van der Waals surface area (Å²) in [6.45, 7) is 3.71. The Bertz CT molecular complexity index is 452. The van der Waals surface area contributed by atoms with Gasteiger partial charge in [0.25, 0.3) is 0 Å². The second-order valence-electron chi connectivity index (χ2n) is 6.04. The predicted molar refractivity (Wildman–Crippen MR) is 66.7 cm³/mol. The number of aliphatic hydroxyl groups excluding tert-OH is 3. The second-order valence-corrected chi connectivity index (χ2v) is 6.04. The van der Waals surface area contributed by atoms with Crippen molar-refractivity contribution >= 4 is 6.03 Å². The van der Waals surface area contributed by atoms with Crippen molar-refractivity contribution in [2.24, 2.45) is 17.3 Å². The van der Waals surface area contributed by atoms with Gasteiger partial charge in [0.15, 0.2) is 6.23 Å². The van der Waals surface area contributed by atoms with Crippen LogP contribution in [0, 0.1) is 17.3 Å². The molecule has 1 heterocycles. The molecule has 0 aromatic carbocycles. The number of urea groups is 1. The maximum Gasteiger partial charge on any atom is 0.323 e. The highest BCUT2D eigenvalue weighted by Crippen LogP contribution is 2.68. The Hall–Kier alpha value is -1.11. The van der Waals surface area contributed by atoms with Gasteiger partial charge in [-0.25, -0.2) is 4.79 Å². The molecular formula is C13H20N2O4. The van der Waals surface area contributed by atoms with Crippen LogP contribution in [0.25, 0.3) is 0 Å². The van der Waals surface area contributed by atoms with Crippen LogP contribution in [0.4, 0.5) is 4.79 Å². The van der Waals surface area contributed by atoms with Crippen LogP contribution < -0.4 is 5.32 Å². The molecule has 19 heavy (non-hydrogen) atoms. The molecule has 2 saturated carbocycles. The van der Waals surface area contributed by atoms with E-state index in [0.29, 0.717) is 12.0 Å². The Morgan fingerprint density at radius 2 is 2.21 bits per heavy atom. The minimum Gasteiger partial charge on any atom is -0.396 e. The van der Waals surface area contributed by atoms with Gasteiger partial charge in [-0.15, -0.1) is 0 Å². The van der Waals surface area contributed by atoms with Crippen molar-refractivity contribution in [2.75, 3.05) is 6.61 Å². The number of amides is 2. The molecule has 6 nitrogen and oxygen atoms in total. The summed E-state index contributed by atoms with van der Waals surface area (Å²) in [5, 5.41) is 31.8. The summed E-state index contributed by atoms with van der Waals surface area (Å²) < 4.78 is 0. The van der Waals surface area contributed by atoms with Gasteiger partial charge in [-0.1, -0.05) is 6.92 Å². The predicted octanol–water partition coefficient (Wildman–Crippen LogP) is -0.388. The van der Waals surface area contributed by atoms with Gasteiger partial charge in [-0.05, 0) is 30.8 Å². The standard InChI is InChI=1S/C13H20N2O4/c1-6-4-15(12(19)14-11(6)18)8-3-9(17)13(5-16)7(2)10(8)13/h4,7-11,16-18H,3,5H2,1-2H3,(H,14,19)/t7-,8-,9-,10+,11?,13+/m0/s1. The highest BCUT2D eigenvalue weighted by Gasteiger charge is 2.73. The van der Waals surface area contributed by atoms with E-state index in [1.54, 1.807) is 18.0 Å². The molecule has 2 amide bonds. The molecule has 0 radical (unpaired) electrons. The van der Waals surface area contributed by atoms with Crippen LogP contribution in [0.2, 0.25) is 0 Å². The summed E-state index contributed by atoms with van der Waals surface area (Å²) in [5.74, 6) is 0.331. The van der Waals surface area contributed by atoms with Crippen LogP contribution >= 0.6 is 0 Å². The van der Waals surface area contributed by atoms with Crippen LogP contribution in [0.3, 0.4) is 0 Å². The molecule has 0 aromatic heterocycles. The number of aliphatic hydroxyl groups is 3. The Balaban J connectivity index is 1.87. The summed E-state index contributed by atoms with van der Waals surface area (Å²) >= 11 is 0. The monoisotopic (exact) mass is 268 g/mol. The van der Waals surface area contributed by atoms with Crippen molar-refractivity contribution in [2.45, 2.75) is 38.6 Å². The Morgan fingerprint density at radius 3 is 2.74 bits per heavy atom. The van der Waals surface area contributed by atoms with E-state index in [1.165, 1.54) is 0 Å². The van der Waals surface area contributed by atoms with E-state index in [1.807, 2.05) is 6.92 Å². The summed E-state index contributed by atoms with van der Waals surface area (Å²) in [5.41, 5.74) is 0.229. The number of rotatable bonds is 2. The normalized spacial score (nSPS) is 48.7. The molecule has 4 N–H and O–H groups in total. The maximum atomic E-state index is 12.0. The zero-order valence-corrected chi connectivity index (χ0v) is 11.1. The number of carbonyl (C=O) groups is 1. The van der Waals surface area contributed by atoms with Gasteiger partial charge >= 0.3 is 6.03 Å². The topological polar surface area (TPSA) is 93.0 Å². The second kappa shape index (κ2) is 3.94. The highest BCUT2D eigenvalue weighted by atomic mass is 16.3. The molecule has 0 spiro atoms. The fourth-order valence-corrected chi connectivity index (χ4v) is 4.05. The van der Waals surface area contributed by atoms with E-state index in [2.05, 4.69) is 5.32 Å². The third kappa shape index (κ3) is 1.50. The summed E-state index contributed by atoms with van der Waals surface area (Å²) in [7, 11) is 0. The fraction of sp³-hybridized carbons (Fsp3) is 0.769. The quantitative estimate of drug-likeness (QED) is 0.549. The largest absolute Gasteiger partial charge is 0.396 e. The van der Waals surface area contributed by atoms with E-state index in [-0.39, 0.29) is 30.5 Å². The first kappa shape index (κ1) is 12.9. The summed E-state index contributed by atoms with van der Waals surface area (Å²) in [6.07, 6.45) is 0.618. The Kier molecular flexibility index (Phi) is 2.68. The molecule has 0 bridgehead atoms. The number of hydrogen-bond acceptors (Lipinski definition) is 4. The number of nitrogens with zero attached hydrogens (tertiary/aromatic N) is 1. The van der Waals surface area contributed by atoms with Gasteiger partial charge in [-0.3, -0.25) is 4.90 Å². The zero-order valence-electron chi connectivity index (χ0n) is 11.1. The molecule has 2 aliphatic carbocycles. The molecule has 3 rings (SSSR count). The number of hydrogen-bond donors (Lipinski definition) is 4. The molecule has 1 unspecified atom stereocenters. The lowest BCUT2D eigenvalue weighted by Crippen LogP contribution is -2.51. The molecule has 0 aromatic rings. The highest BCUT2D eigenvalue weighted by molar-refractivity contribution is 5.78. The molecule has 106 valence electrons. The Morgan fingerprint density at radius 1 is 1.53 bits per heavy atom. The molecule has 0 saturated heterocycles.